The van der Waals surface area contributed by atoms with Crippen molar-refractivity contribution in [1.82, 2.24) is 15.3 Å². The Hall–Kier alpha value is -1.16. The van der Waals surface area contributed by atoms with Gasteiger partial charge in [-0.25, -0.2) is 9.97 Å². The van der Waals surface area contributed by atoms with Crippen molar-refractivity contribution in [2.45, 2.75) is 25.8 Å². The molecule has 1 aliphatic rings. The van der Waals surface area contributed by atoms with Crippen LogP contribution < -0.4 is 10.2 Å². The first-order valence-corrected chi connectivity index (χ1v) is 5.63. The van der Waals surface area contributed by atoms with Crippen LogP contribution in [-0.4, -0.2) is 35.6 Å². The number of nitrogens with one attached hydrogen (secondary N) is 1. The second kappa shape index (κ2) is 5.07. The molecule has 0 amide bonds. The molecule has 0 spiro atoms. The number of nitrogens with zero attached hydrogens (tertiary/aromatic N) is 3. The molecular formula is C11H18N4. The van der Waals surface area contributed by atoms with E-state index in [0.717, 1.165) is 25.3 Å². The van der Waals surface area contributed by atoms with Crippen molar-refractivity contribution in [2.75, 3.05) is 24.5 Å². The molecule has 1 N–H and O–H groups in total. The number of rotatable bonds is 2. The molecule has 1 aromatic rings. The average Bonchev–Trinajstić information content (AvgIpc) is 2.55. The van der Waals surface area contributed by atoms with E-state index in [0.29, 0.717) is 6.04 Å². The molecule has 4 heteroatoms. The Labute approximate surface area is 90.7 Å². The molecule has 1 aliphatic heterocycles. The van der Waals surface area contributed by atoms with Crippen LogP contribution in [0.4, 0.5) is 5.69 Å². The molecule has 0 radical (unpaired) electrons. The molecule has 2 heterocycles. The fraction of sp³-hybridized carbons (Fsp3) is 0.636. The van der Waals surface area contributed by atoms with Crippen LogP contribution in [0.5, 0.6) is 0 Å². The van der Waals surface area contributed by atoms with Crippen molar-refractivity contribution in [3.8, 4) is 0 Å². The number of aromatic nitrogens is 2. The molecular weight excluding hydrogens is 188 g/mol. The Morgan fingerprint density at radius 1 is 1.40 bits per heavy atom. The van der Waals surface area contributed by atoms with Gasteiger partial charge in [-0.1, -0.05) is 6.92 Å². The van der Waals surface area contributed by atoms with E-state index >= 15 is 0 Å². The highest BCUT2D eigenvalue weighted by Gasteiger charge is 2.15. The third-order valence-corrected chi connectivity index (χ3v) is 2.97. The minimum Gasteiger partial charge on any atom is -0.368 e. The monoisotopic (exact) mass is 206 g/mol. The Bertz CT molecular complexity index is 288. The van der Waals surface area contributed by atoms with Gasteiger partial charge in [-0.05, 0) is 12.8 Å². The van der Waals surface area contributed by atoms with Gasteiger partial charge in [0.1, 0.15) is 6.33 Å². The van der Waals surface area contributed by atoms with Gasteiger partial charge in [-0.3, -0.25) is 0 Å². The van der Waals surface area contributed by atoms with Crippen LogP contribution in [0.25, 0.3) is 0 Å². The number of hydrogen-bond donors (Lipinski definition) is 1. The first kappa shape index (κ1) is 10.4. The number of hydrogen-bond acceptors (Lipinski definition) is 4. The zero-order valence-electron chi connectivity index (χ0n) is 9.19. The normalized spacial score (nSPS) is 22.5. The summed E-state index contributed by atoms with van der Waals surface area (Å²) in [5.41, 5.74) is 1.14. The average molecular weight is 206 g/mol. The van der Waals surface area contributed by atoms with Crippen molar-refractivity contribution in [1.29, 1.82) is 0 Å². The highest BCUT2D eigenvalue weighted by atomic mass is 15.2. The van der Waals surface area contributed by atoms with Crippen molar-refractivity contribution >= 4 is 5.69 Å². The highest BCUT2D eigenvalue weighted by molar-refractivity contribution is 5.41. The van der Waals surface area contributed by atoms with Gasteiger partial charge in [0.15, 0.2) is 0 Å². The molecule has 0 aromatic carbocycles. The standard InChI is InChI=1S/C11H18N4/c1-2-10-3-5-15(6-4-14-10)11-7-12-9-13-8-11/h7-10,14H,2-6H2,1H3. The summed E-state index contributed by atoms with van der Waals surface area (Å²) in [5.74, 6) is 0. The van der Waals surface area contributed by atoms with Gasteiger partial charge in [0, 0.05) is 25.7 Å². The predicted molar refractivity (Wildman–Crippen MR) is 60.9 cm³/mol. The molecule has 0 aliphatic carbocycles. The van der Waals surface area contributed by atoms with Gasteiger partial charge in [-0.2, -0.15) is 0 Å². The molecule has 0 bridgehead atoms. The van der Waals surface area contributed by atoms with Gasteiger partial charge in [0.2, 0.25) is 0 Å². The Kier molecular flexibility index (Phi) is 3.50. The Morgan fingerprint density at radius 3 is 2.93 bits per heavy atom. The van der Waals surface area contributed by atoms with Gasteiger partial charge in [0.25, 0.3) is 0 Å². The molecule has 82 valence electrons. The van der Waals surface area contributed by atoms with E-state index in [1.54, 1.807) is 6.33 Å². The molecule has 0 saturated carbocycles. The number of anilines is 1. The van der Waals surface area contributed by atoms with Gasteiger partial charge >= 0.3 is 0 Å². The summed E-state index contributed by atoms with van der Waals surface area (Å²) in [6, 6.07) is 0.666. The lowest BCUT2D eigenvalue weighted by atomic mass is 10.1. The third-order valence-electron chi connectivity index (χ3n) is 2.97. The zero-order valence-corrected chi connectivity index (χ0v) is 9.19. The van der Waals surface area contributed by atoms with Crippen LogP contribution in [-0.2, 0) is 0 Å². The molecule has 1 atom stereocenters. The molecule has 1 saturated heterocycles. The van der Waals surface area contributed by atoms with Gasteiger partial charge in [0.05, 0.1) is 18.1 Å². The fourth-order valence-electron chi connectivity index (χ4n) is 1.99. The Morgan fingerprint density at radius 2 is 2.20 bits per heavy atom. The highest BCUT2D eigenvalue weighted by Crippen LogP contribution is 2.13. The second-order valence-corrected chi connectivity index (χ2v) is 3.93. The molecule has 1 fully saturated rings. The van der Waals surface area contributed by atoms with E-state index in [2.05, 4.69) is 27.1 Å². The molecule has 1 unspecified atom stereocenters. The van der Waals surface area contributed by atoms with Crippen LogP contribution in [0, 0.1) is 0 Å². The molecule has 1 aromatic heterocycles. The maximum Gasteiger partial charge on any atom is 0.115 e. The molecule has 2 rings (SSSR count). The summed E-state index contributed by atoms with van der Waals surface area (Å²) in [6.45, 7) is 5.43. The van der Waals surface area contributed by atoms with E-state index in [4.69, 9.17) is 0 Å². The summed E-state index contributed by atoms with van der Waals surface area (Å²) >= 11 is 0. The fourth-order valence-corrected chi connectivity index (χ4v) is 1.99. The van der Waals surface area contributed by atoms with Crippen LogP contribution in [0.2, 0.25) is 0 Å². The van der Waals surface area contributed by atoms with Crippen molar-refractivity contribution in [3.05, 3.63) is 18.7 Å². The molecule has 15 heavy (non-hydrogen) atoms. The van der Waals surface area contributed by atoms with E-state index < -0.39 is 0 Å². The maximum atomic E-state index is 4.06. The minimum absolute atomic E-state index is 0.666. The lowest BCUT2D eigenvalue weighted by Crippen LogP contribution is -2.30. The first-order chi connectivity index (χ1) is 7.40. The quantitative estimate of drug-likeness (QED) is 0.785. The summed E-state index contributed by atoms with van der Waals surface area (Å²) in [6.07, 6.45) is 7.76. The van der Waals surface area contributed by atoms with Crippen molar-refractivity contribution in [2.24, 2.45) is 0 Å². The smallest absolute Gasteiger partial charge is 0.115 e. The van der Waals surface area contributed by atoms with Crippen LogP contribution in [0.1, 0.15) is 19.8 Å². The van der Waals surface area contributed by atoms with Crippen molar-refractivity contribution in [3.63, 3.8) is 0 Å². The minimum atomic E-state index is 0.666. The third kappa shape index (κ3) is 2.65. The lowest BCUT2D eigenvalue weighted by molar-refractivity contribution is 0.510. The maximum absolute atomic E-state index is 4.06. The summed E-state index contributed by atoms with van der Waals surface area (Å²) < 4.78 is 0. The van der Waals surface area contributed by atoms with E-state index in [1.165, 1.54) is 12.8 Å². The van der Waals surface area contributed by atoms with Gasteiger partial charge in [-0.15, -0.1) is 0 Å². The van der Waals surface area contributed by atoms with Crippen LogP contribution in [0.15, 0.2) is 18.7 Å². The summed E-state index contributed by atoms with van der Waals surface area (Å²) in [7, 11) is 0. The molecule has 4 nitrogen and oxygen atoms in total. The lowest BCUT2D eigenvalue weighted by Gasteiger charge is -2.21. The van der Waals surface area contributed by atoms with E-state index in [9.17, 15) is 0 Å². The first-order valence-electron chi connectivity index (χ1n) is 5.63. The summed E-state index contributed by atoms with van der Waals surface area (Å²) in [4.78, 5) is 10.5. The predicted octanol–water partition coefficient (Wildman–Crippen LogP) is 1.05. The van der Waals surface area contributed by atoms with E-state index in [-0.39, 0.29) is 0 Å². The SMILES string of the molecule is CCC1CCN(c2cncnc2)CCN1. The van der Waals surface area contributed by atoms with Crippen LogP contribution >= 0.6 is 0 Å². The Balaban J connectivity index is 2.00. The van der Waals surface area contributed by atoms with Gasteiger partial charge < -0.3 is 10.2 Å². The van der Waals surface area contributed by atoms with E-state index in [1.807, 2.05) is 12.4 Å². The van der Waals surface area contributed by atoms with Crippen molar-refractivity contribution < 1.29 is 0 Å². The second-order valence-electron chi connectivity index (χ2n) is 3.93. The largest absolute Gasteiger partial charge is 0.368 e. The summed E-state index contributed by atoms with van der Waals surface area (Å²) in [5, 5.41) is 3.55. The zero-order chi connectivity index (χ0) is 10.5. The topological polar surface area (TPSA) is 41.1 Å². The van der Waals surface area contributed by atoms with Crippen LogP contribution in [0.3, 0.4) is 0 Å².